The van der Waals surface area contributed by atoms with Gasteiger partial charge in [-0.3, -0.25) is 0 Å². The molecule has 1 aromatic heterocycles. The van der Waals surface area contributed by atoms with Gasteiger partial charge in [-0.1, -0.05) is 34.4 Å². The normalized spacial score (nSPS) is 12.7. The molecule has 1 heterocycles. The van der Waals surface area contributed by atoms with Gasteiger partial charge in [-0.15, -0.1) is 0 Å². The summed E-state index contributed by atoms with van der Waals surface area (Å²) in [5.41, 5.74) is 6.26. The molecule has 6 heteroatoms. The monoisotopic (exact) mass is 327 g/mol. The van der Waals surface area contributed by atoms with Crippen LogP contribution in [0.25, 0.3) is 0 Å². The van der Waals surface area contributed by atoms with Crippen LogP contribution in [0.15, 0.2) is 22.7 Å². The largest absolute Gasteiger partial charge is 0.339 e. The van der Waals surface area contributed by atoms with E-state index < -0.39 is 11.0 Å². The predicted octanol–water partition coefficient (Wildman–Crippen LogP) is 3.98. The zero-order chi connectivity index (χ0) is 15.8. The SMILES string of the molecule is CC(C)(N)C(C)(C)c1nc(Cc2ccc(Cl)c(Cl)c2)no1. The molecule has 0 radical (unpaired) electrons. The lowest BCUT2D eigenvalue weighted by Gasteiger charge is -2.34. The van der Waals surface area contributed by atoms with Gasteiger partial charge in [-0.05, 0) is 45.4 Å². The highest BCUT2D eigenvalue weighted by Gasteiger charge is 2.40. The Hall–Kier alpha value is -1.10. The maximum atomic E-state index is 6.18. The number of hydrogen-bond acceptors (Lipinski definition) is 4. The van der Waals surface area contributed by atoms with E-state index in [-0.39, 0.29) is 0 Å². The average Bonchev–Trinajstić information content (AvgIpc) is 2.81. The number of aromatic nitrogens is 2. The summed E-state index contributed by atoms with van der Waals surface area (Å²) in [6, 6.07) is 5.45. The Bertz CT molecular complexity index is 645. The smallest absolute Gasteiger partial charge is 0.234 e. The minimum absolute atomic E-state index is 0.421. The molecule has 2 aromatic rings. The second-order valence-electron chi connectivity index (χ2n) is 6.29. The molecule has 0 aliphatic rings. The zero-order valence-corrected chi connectivity index (χ0v) is 14.1. The van der Waals surface area contributed by atoms with Crippen molar-refractivity contribution < 1.29 is 4.52 Å². The number of rotatable bonds is 4. The van der Waals surface area contributed by atoms with Gasteiger partial charge in [0.05, 0.1) is 15.5 Å². The van der Waals surface area contributed by atoms with Crippen LogP contribution in [0.4, 0.5) is 0 Å². The van der Waals surface area contributed by atoms with E-state index in [1.165, 1.54) is 0 Å². The molecule has 0 unspecified atom stereocenters. The molecular weight excluding hydrogens is 309 g/mol. The predicted molar refractivity (Wildman–Crippen MR) is 84.9 cm³/mol. The molecule has 0 spiro atoms. The minimum atomic E-state index is -0.472. The van der Waals surface area contributed by atoms with Crippen molar-refractivity contribution in [2.75, 3.05) is 0 Å². The van der Waals surface area contributed by atoms with Crippen LogP contribution >= 0.6 is 23.2 Å². The Kier molecular flexibility index (Phi) is 4.34. The Morgan fingerprint density at radius 1 is 1.14 bits per heavy atom. The number of benzene rings is 1. The molecule has 0 saturated heterocycles. The summed E-state index contributed by atoms with van der Waals surface area (Å²) in [5, 5.41) is 5.07. The highest BCUT2D eigenvalue weighted by molar-refractivity contribution is 6.42. The van der Waals surface area contributed by atoms with E-state index in [0.717, 1.165) is 5.56 Å². The van der Waals surface area contributed by atoms with Crippen molar-refractivity contribution in [3.8, 4) is 0 Å². The lowest BCUT2D eigenvalue weighted by molar-refractivity contribution is 0.222. The Morgan fingerprint density at radius 3 is 2.38 bits per heavy atom. The molecule has 0 bridgehead atoms. The molecule has 0 atom stereocenters. The maximum absolute atomic E-state index is 6.18. The van der Waals surface area contributed by atoms with E-state index in [2.05, 4.69) is 10.1 Å². The fourth-order valence-electron chi connectivity index (χ4n) is 1.69. The molecule has 21 heavy (non-hydrogen) atoms. The highest BCUT2D eigenvalue weighted by atomic mass is 35.5. The molecule has 2 rings (SSSR count). The van der Waals surface area contributed by atoms with E-state index in [0.29, 0.717) is 28.2 Å². The average molecular weight is 328 g/mol. The first-order chi connectivity index (χ1) is 9.61. The third-order valence-electron chi connectivity index (χ3n) is 3.96. The van der Waals surface area contributed by atoms with Crippen molar-refractivity contribution in [3.63, 3.8) is 0 Å². The quantitative estimate of drug-likeness (QED) is 0.922. The third kappa shape index (κ3) is 3.39. The first kappa shape index (κ1) is 16.3. The third-order valence-corrected chi connectivity index (χ3v) is 4.70. The van der Waals surface area contributed by atoms with Crippen LogP contribution in [0, 0.1) is 0 Å². The van der Waals surface area contributed by atoms with Gasteiger partial charge in [-0.25, -0.2) is 0 Å². The Balaban J connectivity index is 2.22. The van der Waals surface area contributed by atoms with Crippen LogP contribution in [0.2, 0.25) is 10.0 Å². The summed E-state index contributed by atoms with van der Waals surface area (Å²) in [5.74, 6) is 1.13. The molecule has 0 aliphatic heterocycles. The van der Waals surface area contributed by atoms with Gasteiger partial charge in [0.15, 0.2) is 5.82 Å². The van der Waals surface area contributed by atoms with Crippen LogP contribution in [-0.2, 0) is 11.8 Å². The number of hydrogen-bond donors (Lipinski definition) is 1. The molecular formula is C15H19Cl2N3O. The number of halogens is 2. The van der Waals surface area contributed by atoms with Crippen molar-refractivity contribution in [2.45, 2.75) is 45.1 Å². The van der Waals surface area contributed by atoms with Gasteiger partial charge >= 0.3 is 0 Å². The maximum Gasteiger partial charge on any atom is 0.234 e. The molecule has 4 nitrogen and oxygen atoms in total. The summed E-state index contributed by atoms with van der Waals surface area (Å²) in [6.07, 6.45) is 0.529. The van der Waals surface area contributed by atoms with Crippen LogP contribution in [0.5, 0.6) is 0 Å². The summed E-state index contributed by atoms with van der Waals surface area (Å²) >= 11 is 11.9. The van der Waals surface area contributed by atoms with Crippen molar-refractivity contribution in [2.24, 2.45) is 5.73 Å². The van der Waals surface area contributed by atoms with Crippen LogP contribution in [0.3, 0.4) is 0 Å². The van der Waals surface area contributed by atoms with Crippen molar-refractivity contribution in [1.29, 1.82) is 0 Å². The lowest BCUT2D eigenvalue weighted by Crippen LogP contribution is -2.50. The molecule has 114 valence electrons. The van der Waals surface area contributed by atoms with Crippen molar-refractivity contribution in [3.05, 3.63) is 45.5 Å². The van der Waals surface area contributed by atoms with Gasteiger partial charge in [0.25, 0.3) is 0 Å². The zero-order valence-electron chi connectivity index (χ0n) is 12.6. The fourth-order valence-corrected chi connectivity index (χ4v) is 2.01. The van der Waals surface area contributed by atoms with E-state index in [9.17, 15) is 0 Å². The van der Waals surface area contributed by atoms with E-state index >= 15 is 0 Å². The van der Waals surface area contributed by atoms with Gasteiger partial charge in [0.2, 0.25) is 5.89 Å². The Labute approximate surface area is 134 Å². The number of nitrogens with two attached hydrogens (primary N) is 1. The first-order valence-electron chi connectivity index (χ1n) is 6.67. The fraction of sp³-hybridized carbons (Fsp3) is 0.467. The van der Waals surface area contributed by atoms with Gasteiger partial charge in [0.1, 0.15) is 0 Å². The van der Waals surface area contributed by atoms with E-state index in [4.69, 9.17) is 33.5 Å². The first-order valence-corrected chi connectivity index (χ1v) is 7.43. The standard InChI is InChI=1S/C15H19Cl2N3O/c1-14(2,15(3,4)18)13-19-12(20-21-13)8-9-5-6-10(16)11(17)7-9/h5-7H,8,18H2,1-4H3. The molecule has 0 aliphatic carbocycles. The summed E-state index contributed by atoms with van der Waals surface area (Å²) in [6.45, 7) is 7.86. The van der Waals surface area contributed by atoms with Crippen LogP contribution in [0.1, 0.15) is 45.0 Å². The second-order valence-corrected chi connectivity index (χ2v) is 7.10. The van der Waals surface area contributed by atoms with Crippen LogP contribution < -0.4 is 5.73 Å². The molecule has 0 saturated carbocycles. The molecule has 0 amide bonds. The van der Waals surface area contributed by atoms with Gasteiger partial charge < -0.3 is 10.3 Å². The van der Waals surface area contributed by atoms with E-state index in [1.54, 1.807) is 12.1 Å². The van der Waals surface area contributed by atoms with Gasteiger partial charge in [0, 0.05) is 12.0 Å². The summed E-state index contributed by atoms with van der Waals surface area (Å²) in [4.78, 5) is 4.46. The highest BCUT2D eigenvalue weighted by Crippen LogP contribution is 2.32. The number of nitrogens with zero attached hydrogens (tertiary/aromatic N) is 2. The lowest BCUT2D eigenvalue weighted by atomic mass is 9.75. The Morgan fingerprint density at radius 2 is 1.81 bits per heavy atom. The minimum Gasteiger partial charge on any atom is -0.339 e. The van der Waals surface area contributed by atoms with Crippen LogP contribution in [-0.4, -0.2) is 15.7 Å². The molecule has 0 fully saturated rings. The summed E-state index contributed by atoms with van der Waals surface area (Å²) in [7, 11) is 0. The van der Waals surface area contributed by atoms with E-state index in [1.807, 2.05) is 33.8 Å². The van der Waals surface area contributed by atoms with Crippen molar-refractivity contribution in [1.82, 2.24) is 10.1 Å². The molecule has 2 N–H and O–H groups in total. The van der Waals surface area contributed by atoms with Crippen molar-refractivity contribution >= 4 is 23.2 Å². The van der Waals surface area contributed by atoms with Gasteiger partial charge in [-0.2, -0.15) is 4.98 Å². The second kappa shape index (κ2) is 5.59. The topological polar surface area (TPSA) is 64.9 Å². The molecule has 1 aromatic carbocycles. The summed E-state index contributed by atoms with van der Waals surface area (Å²) < 4.78 is 5.38.